The van der Waals surface area contributed by atoms with Crippen molar-refractivity contribution in [1.29, 1.82) is 0 Å². The van der Waals surface area contributed by atoms with Gasteiger partial charge in [-0.15, -0.1) is 10.2 Å². The fraction of sp³-hybridized carbons (Fsp3) is 0.286. The molecule has 6 heteroatoms. The Bertz CT molecular complexity index is 619. The van der Waals surface area contributed by atoms with Crippen LogP contribution in [-0.4, -0.2) is 17.2 Å². The third kappa shape index (κ3) is 2.59. The summed E-state index contributed by atoms with van der Waals surface area (Å²) in [4.78, 5) is 0. The highest BCUT2D eigenvalue weighted by Crippen LogP contribution is 2.32. The van der Waals surface area contributed by atoms with Gasteiger partial charge in [0.1, 0.15) is 0 Å². The van der Waals surface area contributed by atoms with Crippen LogP contribution in [0, 0.1) is 13.8 Å². The molecule has 0 radical (unpaired) electrons. The van der Waals surface area contributed by atoms with Gasteiger partial charge in [0, 0.05) is 12.6 Å². The molecule has 1 N–H and O–H groups in total. The third-order valence-corrected chi connectivity index (χ3v) is 3.25. The lowest BCUT2D eigenvalue weighted by Crippen LogP contribution is -2.05. The standard InChI is InChI=1S/C14H14F3N3/c1-8-9(2)13(18-3)20-19-12(8)10-4-6-11(7-5-10)14(15,16)17/h4-7H,1-3H3,(H,18,20). The number of alkyl halides is 3. The molecule has 2 aromatic rings. The first-order valence-corrected chi connectivity index (χ1v) is 6.04. The minimum atomic E-state index is -4.33. The van der Waals surface area contributed by atoms with Crippen LogP contribution in [-0.2, 0) is 6.18 Å². The van der Waals surface area contributed by atoms with E-state index in [-0.39, 0.29) is 0 Å². The molecule has 0 saturated carbocycles. The molecule has 0 unspecified atom stereocenters. The number of halogens is 3. The lowest BCUT2D eigenvalue weighted by molar-refractivity contribution is -0.137. The molecule has 0 aliphatic carbocycles. The van der Waals surface area contributed by atoms with Gasteiger partial charge in [0.2, 0.25) is 0 Å². The van der Waals surface area contributed by atoms with Gasteiger partial charge >= 0.3 is 6.18 Å². The van der Waals surface area contributed by atoms with Crippen LogP contribution in [0.25, 0.3) is 11.3 Å². The lowest BCUT2D eigenvalue weighted by Gasteiger charge is -2.12. The number of nitrogens with zero attached hydrogens (tertiary/aromatic N) is 2. The number of hydrogen-bond acceptors (Lipinski definition) is 3. The average Bonchev–Trinajstić information content (AvgIpc) is 2.41. The molecule has 0 amide bonds. The molecule has 1 aromatic heterocycles. The molecule has 1 heterocycles. The summed E-state index contributed by atoms with van der Waals surface area (Å²) < 4.78 is 37.6. The topological polar surface area (TPSA) is 37.8 Å². The number of aromatic nitrogens is 2. The van der Waals surface area contributed by atoms with Crippen molar-refractivity contribution < 1.29 is 13.2 Å². The van der Waals surface area contributed by atoms with E-state index in [0.717, 1.165) is 23.3 Å². The first kappa shape index (κ1) is 14.3. The van der Waals surface area contributed by atoms with E-state index in [0.29, 0.717) is 17.1 Å². The minimum Gasteiger partial charge on any atom is -0.371 e. The Morgan fingerprint density at radius 2 is 1.55 bits per heavy atom. The van der Waals surface area contributed by atoms with Crippen LogP contribution < -0.4 is 5.32 Å². The maximum atomic E-state index is 12.5. The van der Waals surface area contributed by atoms with Gasteiger partial charge < -0.3 is 5.32 Å². The number of benzene rings is 1. The molecule has 0 spiro atoms. The number of rotatable bonds is 2. The monoisotopic (exact) mass is 281 g/mol. The maximum Gasteiger partial charge on any atom is 0.416 e. The lowest BCUT2D eigenvalue weighted by atomic mass is 10.0. The molecular weight excluding hydrogens is 267 g/mol. The van der Waals surface area contributed by atoms with Crippen molar-refractivity contribution in [3.05, 3.63) is 41.0 Å². The summed E-state index contributed by atoms with van der Waals surface area (Å²) in [6.07, 6.45) is -4.33. The Morgan fingerprint density at radius 1 is 0.950 bits per heavy atom. The molecule has 0 aliphatic rings. The fourth-order valence-electron chi connectivity index (χ4n) is 1.93. The Labute approximate surface area is 114 Å². The highest BCUT2D eigenvalue weighted by Gasteiger charge is 2.30. The second-order valence-electron chi connectivity index (χ2n) is 4.47. The van der Waals surface area contributed by atoms with E-state index in [1.54, 1.807) is 7.05 Å². The second-order valence-corrected chi connectivity index (χ2v) is 4.47. The van der Waals surface area contributed by atoms with E-state index < -0.39 is 11.7 Å². The highest BCUT2D eigenvalue weighted by molar-refractivity contribution is 5.66. The summed E-state index contributed by atoms with van der Waals surface area (Å²) >= 11 is 0. The second kappa shape index (κ2) is 5.11. The average molecular weight is 281 g/mol. The van der Waals surface area contributed by atoms with Crippen LogP contribution in [0.3, 0.4) is 0 Å². The predicted octanol–water partition coefficient (Wildman–Crippen LogP) is 3.82. The first-order chi connectivity index (χ1) is 9.34. The summed E-state index contributed by atoms with van der Waals surface area (Å²) in [7, 11) is 1.74. The van der Waals surface area contributed by atoms with Crippen molar-refractivity contribution in [3.8, 4) is 11.3 Å². The molecule has 0 aliphatic heterocycles. The zero-order valence-corrected chi connectivity index (χ0v) is 11.3. The molecule has 0 atom stereocenters. The molecule has 106 valence electrons. The summed E-state index contributed by atoms with van der Waals surface area (Å²) in [6.45, 7) is 3.77. The molecule has 0 fully saturated rings. The molecule has 20 heavy (non-hydrogen) atoms. The smallest absolute Gasteiger partial charge is 0.371 e. The van der Waals surface area contributed by atoms with Crippen LogP contribution >= 0.6 is 0 Å². The van der Waals surface area contributed by atoms with Gasteiger partial charge in [-0.3, -0.25) is 0 Å². The third-order valence-electron chi connectivity index (χ3n) is 3.25. The number of hydrogen-bond donors (Lipinski definition) is 1. The Hall–Kier alpha value is -2.11. The van der Waals surface area contributed by atoms with E-state index >= 15 is 0 Å². The van der Waals surface area contributed by atoms with E-state index in [1.807, 2.05) is 13.8 Å². The van der Waals surface area contributed by atoms with Crippen molar-refractivity contribution in [1.82, 2.24) is 10.2 Å². The van der Waals surface area contributed by atoms with Gasteiger partial charge in [-0.2, -0.15) is 13.2 Å². The number of anilines is 1. The van der Waals surface area contributed by atoms with E-state index in [9.17, 15) is 13.2 Å². The fourth-order valence-corrected chi connectivity index (χ4v) is 1.93. The van der Waals surface area contributed by atoms with Gasteiger partial charge in [0.25, 0.3) is 0 Å². The normalized spacial score (nSPS) is 11.5. The van der Waals surface area contributed by atoms with E-state index in [4.69, 9.17) is 0 Å². The van der Waals surface area contributed by atoms with Crippen molar-refractivity contribution in [2.45, 2.75) is 20.0 Å². The van der Waals surface area contributed by atoms with Gasteiger partial charge in [0.15, 0.2) is 5.82 Å². The zero-order chi connectivity index (χ0) is 14.9. The van der Waals surface area contributed by atoms with Crippen LogP contribution in [0.4, 0.5) is 19.0 Å². The number of nitrogens with one attached hydrogen (secondary N) is 1. The zero-order valence-electron chi connectivity index (χ0n) is 11.3. The van der Waals surface area contributed by atoms with Crippen LogP contribution in [0.1, 0.15) is 16.7 Å². The van der Waals surface area contributed by atoms with Crippen molar-refractivity contribution in [2.75, 3.05) is 12.4 Å². The van der Waals surface area contributed by atoms with Crippen molar-refractivity contribution in [2.24, 2.45) is 0 Å². The highest BCUT2D eigenvalue weighted by atomic mass is 19.4. The Morgan fingerprint density at radius 3 is 2.05 bits per heavy atom. The first-order valence-electron chi connectivity index (χ1n) is 6.04. The summed E-state index contributed by atoms with van der Waals surface area (Å²) in [5, 5.41) is 11.0. The quantitative estimate of drug-likeness (QED) is 0.909. The van der Waals surface area contributed by atoms with Crippen LogP contribution in [0.15, 0.2) is 24.3 Å². The molecular formula is C14H14F3N3. The Kier molecular flexibility index (Phi) is 3.65. The SMILES string of the molecule is CNc1nnc(-c2ccc(C(F)(F)F)cc2)c(C)c1C. The molecule has 0 bridgehead atoms. The van der Waals surface area contributed by atoms with Crippen LogP contribution in [0.2, 0.25) is 0 Å². The molecule has 1 aromatic carbocycles. The molecule has 2 rings (SSSR count). The van der Waals surface area contributed by atoms with Gasteiger partial charge in [-0.1, -0.05) is 12.1 Å². The van der Waals surface area contributed by atoms with Gasteiger partial charge in [0.05, 0.1) is 11.3 Å². The molecule has 0 saturated heterocycles. The summed E-state index contributed by atoms with van der Waals surface area (Å²) in [6, 6.07) is 4.94. The summed E-state index contributed by atoms with van der Waals surface area (Å²) in [5.74, 6) is 0.665. The summed E-state index contributed by atoms with van der Waals surface area (Å²) in [5.41, 5.74) is 2.36. The van der Waals surface area contributed by atoms with E-state index in [2.05, 4.69) is 15.5 Å². The van der Waals surface area contributed by atoms with Crippen LogP contribution in [0.5, 0.6) is 0 Å². The maximum absolute atomic E-state index is 12.5. The van der Waals surface area contributed by atoms with Crippen molar-refractivity contribution in [3.63, 3.8) is 0 Å². The minimum absolute atomic E-state index is 0.593. The molecule has 3 nitrogen and oxygen atoms in total. The van der Waals surface area contributed by atoms with Gasteiger partial charge in [-0.25, -0.2) is 0 Å². The van der Waals surface area contributed by atoms with E-state index in [1.165, 1.54) is 12.1 Å². The Balaban J connectivity index is 2.45. The van der Waals surface area contributed by atoms with Crippen molar-refractivity contribution >= 4 is 5.82 Å². The largest absolute Gasteiger partial charge is 0.416 e. The predicted molar refractivity (Wildman–Crippen MR) is 71.5 cm³/mol. The van der Waals surface area contributed by atoms with Gasteiger partial charge in [-0.05, 0) is 37.1 Å².